The second-order valence-corrected chi connectivity index (χ2v) is 18.4. The summed E-state index contributed by atoms with van der Waals surface area (Å²) in [5, 5.41) is 23.8. The van der Waals surface area contributed by atoms with Crippen LogP contribution >= 0.6 is 0 Å². The number of nitrogens with one attached hydrogen (secondary N) is 1. The molecule has 0 rings (SSSR count). The molecule has 0 fully saturated rings. The van der Waals surface area contributed by atoms with Crippen LogP contribution in [0.3, 0.4) is 0 Å². The van der Waals surface area contributed by atoms with E-state index in [2.05, 4.69) is 86.8 Å². The maximum absolute atomic E-state index is 13.2. The first-order valence-electron chi connectivity index (χ1n) is 27.4. The fourth-order valence-corrected chi connectivity index (χ4v) is 7.93. The maximum Gasteiger partial charge on any atom is 0.306 e. The number of aliphatic hydroxyl groups excluding tert-OH is 2. The number of carbonyl (C=O) groups is 2. The average molecular weight is 906 g/mol. The van der Waals surface area contributed by atoms with E-state index in [9.17, 15) is 19.8 Å². The molecule has 6 nitrogen and oxygen atoms in total. The van der Waals surface area contributed by atoms with Crippen molar-refractivity contribution in [3.8, 4) is 0 Å². The number of allylic oxidation sites excluding steroid dienone is 14. The molecular weight excluding hydrogens is 803 g/mol. The molecule has 0 saturated carbocycles. The molecule has 0 aliphatic heterocycles. The van der Waals surface area contributed by atoms with Crippen molar-refractivity contribution in [1.29, 1.82) is 0 Å². The quantitative estimate of drug-likeness (QED) is 0.0321. The second kappa shape index (κ2) is 52.0. The summed E-state index contributed by atoms with van der Waals surface area (Å²) in [5.41, 5.74) is 0. The van der Waals surface area contributed by atoms with Gasteiger partial charge in [0.15, 0.2) is 0 Å². The lowest BCUT2D eigenvalue weighted by atomic mass is 10.0. The van der Waals surface area contributed by atoms with Gasteiger partial charge in [-0.3, -0.25) is 9.59 Å². The molecule has 65 heavy (non-hydrogen) atoms. The van der Waals surface area contributed by atoms with Crippen LogP contribution in [0.25, 0.3) is 0 Å². The van der Waals surface area contributed by atoms with E-state index in [0.29, 0.717) is 19.3 Å². The minimum atomic E-state index is -0.808. The van der Waals surface area contributed by atoms with Crippen LogP contribution in [0.1, 0.15) is 252 Å². The van der Waals surface area contributed by atoms with E-state index in [0.717, 1.165) is 83.5 Å². The number of hydrogen-bond donors (Lipinski definition) is 3. The van der Waals surface area contributed by atoms with Crippen molar-refractivity contribution in [3.05, 3.63) is 85.1 Å². The molecule has 3 atom stereocenters. The van der Waals surface area contributed by atoms with Gasteiger partial charge >= 0.3 is 5.97 Å². The number of hydrogen-bond acceptors (Lipinski definition) is 5. The van der Waals surface area contributed by atoms with Crippen LogP contribution in [0.4, 0.5) is 0 Å². The molecular formula is C59H103NO5. The highest BCUT2D eigenvalue weighted by molar-refractivity contribution is 5.77. The summed E-state index contributed by atoms with van der Waals surface area (Å²) in [7, 11) is 0. The predicted octanol–water partition coefficient (Wildman–Crippen LogP) is 16.7. The highest BCUT2D eigenvalue weighted by Crippen LogP contribution is 2.17. The summed E-state index contributed by atoms with van der Waals surface area (Å²) < 4.78 is 5.91. The number of unbranched alkanes of at least 4 members (excludes halogenated alkanes) is 27. The largest absolute Gasteiger partial charge is 0.462 e. The summed E-state index contributed by atoms with van der Waals surface area (Å²) in [6.45, 7) is 6.38. The third-order valence-electron chi connectivity index (χ3n) is 12.1. The van der Waals surface area contributed by atoms with Crippen LogP contribution in [-0.4, -0.2) is 46.9 Å². The molecule has 0 radical (unpaired) electrons. The first-order valence-corrected chi connectivity index (χ1v) is 27.4. The SMILES string of the molecule is CCC/C=C/C=C/C=C/C=C/C=C/CCCCCCCC(=O)OC(CCC/C=C/C=C/CCCCCCCCC)CC(=O)NC(CO)C(O)CCCCCCCCCCCCCCCC. The van der Waals surface area contributed by atoms with Crippen molar-refractivity contribution in [2.24, 2.45) is 0 Å². The van der Waals surface area contributed by atoms with Gasteiger partial charge in [0.05, 0.1) is 25.2 Å². The van der Waals surface area contributed by atoms with Gasteiger partial charge in [-0.05, 0) is 64.2 Å². The summed E-state index contributed by atoms with van der Waals surface area (Å²) in [6.07, 6.45) is 67.8. The van der Waals surface area contributed by atoms with Crippen molar-refractivity contribution in [1.82, 2.24) is 5.32 Å². The van der Waals surface area contributed by atoms with Crippen LogP contribution in [0, 0.1) is 0 Å². The van der Waals surface area contributed by atoms with E-state index in [1.807, 2.05) is 24.3 Å². The zero-order chi connectivity index (χ0) is 47.4. The number of rotatable bonds is 48. The Bertz CT molecular complexity index is 1250. The second-order valence-electron chi connectivity index (χ2n) is 18.4. The molecule has 3 N–H and O–H groups in total. The van der Waals surface area contributed by atoms with Gasteiger partial charge in [0.1, 0.15) is 6.10 Å². The monoisotopic (exact) mass is 906 g/mol. The first kappa shape index (κ1) is 62.0. The van der Waals surface area contributed by atoms with E-state index in [1.54, 1.807) is 0 Å². The maximum atomic E-state index is 13.2. The van der Waals surface area contributed by atoms with E-state index in [-0.39, 0.29) is 24.9 Å². The fourth-order valence-electron chi connectivity index (χ4n) is 7.93. The Balaban J connectivity index is 4.69. The summed E-state index contributed by atoms with van der Waals surface area (Å²) in [6, 6.07) is -0.726. The van der Waals surface area contributed by atoms with Crippen LogP contribution in [0.5, 0.6) is 0 Å². The van der Waals surface area contributed by atoms with Crippen LogP contribution in [0.15, 0.2) is 85.1 Å². The van der Waals surface area contributed by atoms with Crippen LogP contribution < -0.4 is 5.32 Å². The highest BCUT2D eigenvalue weighted by Gasteiger charge is 2.24. The number of aliphatic hydroxyl groups is 2. The molecule has 6 heteroatoms. The van der Waals surface area contributed by atoms with E-state index < -0.39 is 18.2 Å². The number of esters is 1. The molecule has 0 aliphatic carbocycles. The highest BCUT2D eigenvalue weighted by atomic mass is 16.5. The van der Waals surface area contributed by atoms with Crippen molar-refractivity contribution in [2.45, 2.75) is 270 Å². The molecule has 0 aromatic heterocycles. The summed E-state index contributed by atoms with van der Waals surface area (Å²) in [4.78, 5) is 26.2. The van der Waals surface area contributed by atoms with Gasteiger partial charge in [0, 0.05) is 6.42 Å². The smallest absolute Gasteiger partial charge is 0.306 e. The van der Waals surface area contributed by atoms with Crippen LogP contribution in [0.2, 0.25) is 0 Å². The Morgan fingerprint density at radius 2 is 0.831 bits per heavy atom. The Kier molecular flexibility index (Phi) is 49.6. The Morgan fingerprint density at radius 1 is 0.446 bits per heavy atom. The van der Waals surface area contributed by atoms with Gasteiger partial charge in [-0.2, -0.15) is 0 Å². The molecule has 0 heterocycles. The van der Waals surface area contributed by atoms with Gasteiger partial charge in [-0.1, -0.05) is 260 Å². The lowest BCUT2D eigenvalue weighted by Gasteiger charge is -2.24. The zero-order valence-corrected chi connectivity index (χ0v) is 42.6. The van der Waals surface area contributed by atoms with Gasteiger partial charge in [-0.25, -0.2) is 0 Å². The normalized spacial score (nSPS) is 13.9. The third kappa shape index (κ3) is 47.3. The van der Waals surface area contributed by atoms with Crippen molar-refractivity contribution < 1.29 is 24.5 Å². The topological polar surface area (TPSA) is 95.9 Å². The van der Waals surface area contributed by atoms with Gasteiger partial charge in [0.25, 0.3) is 0 Å². The number of amides is 1. The van der Waals surface area contributed by atoms with Crippen LogP contribution in [-0.2, 0) is 14.3 Å². The Labute approximate surface area is 402 Å². The van der Waals surface area contributed by atoms with E-state index in [1.165, 1.54) is 122 Å². The first-order chi connectivity index (χ1) is 32.0. The molecule has 374 valence electrons. The standard InChI is InChI=1S/C59H103NO5/c1-4-7-10-13-16-19-22-25-28-29-30-31-34-37-40-43-46-49-52-59(64)65-55(50-47-44-41-38-35-32-26-23-20-17-14-11-8-5-2)53-58(63)60-56(54-61)57(62)51-48-45-42-39-36-33-27-24-21-18-15-12-9-6-3/h10,13,16,19,22,25,28-32,35,38,41,55-57,61-62H,4-9,11-12,14-15,17-18,20-21,23-24,26-27,33-34,36-37,39-40,42-54H2,1-3H3,(H,60,63)/b13-10+,19-16+,25-22+,29-28+,31-30+,35-32+,41-38+. The summed E-state index contributed by atoms with van der Waals surface area (Å²) >= 11 is 0. The van der Waals surface area contributed by atoms with Crippen molar-refractivity contribution in [2.75, 3.05) is 6.61 Å². The number of ether oxygens (including phenoxy) is 1. The minimum absolute atomic E-state index is 0.0304. The van der Waals surface area contributed by atoms with Crippen molar-refractivity contribution in [3.63, 3.8) is 0 Å². The Morgan fingerprint density at radius 3 is 1.29 bits per heavy atom. The minimum Gasteiger partial charge on any atom is -0.462 e. The molecule has 3 unspecified atom stereocenters. The van der Waals surface area contributed by atoms with E-state index >= 15 is 0 Å². The number of carbonyl (C=O) groups excluding carboxylic acids is 2. The van der Waals surface area contributed by atoms with Crippen molar-refractivity contribution >= 4 is 11.9 Å². The lowest BCUT2D eigenvalue weighted by molar-refractivity contribution is -0.151. The molecule has 0 spiro atoms. The van der Waals surface area contributed by atoms with Gasteiger partial charge < -0.3 is 20.3 Å². The fraction of sp³-hybridized carbons (Fsp3) is 0.729. The lowest BCUT2D eigenvalue weighted by Crippen LogP contribution is -2.46. The zero-order valence-electron chi connectivity index (χ0n) is 42.6. The van der Waals surface area contributed by atoms with E-state index in [4.69, 9.17) is 4.74 Å². The average Bonchev–Trinajstić information content (AvgIpc) is 3.30. The molecule has 0 aliphatic rings. The summed E-state index contributed by atoms with van der Waals surface area (Å²) in [5.74, 6) is -0.551. The molecule has 0 aromatic carbocycles. The molecule has 0 saturated heterocycles. The molecule has 0 aromatic rings. The molecule has 1 amide bonds. The molecule has 0 bridgehead atoms. The third-order valence-corrected chi connectivity index (χ3v) is 12.1. The van der Waals surface area contributed by atoms with Gasteiger partial charge in [-0.15, -0.1) is 0 Å². The predicted molar refractivity (Wildman–Crippen MR) is 282 cm³/mol. The Hall–Kier alpha value is -2.96. The van der Waals surface area contributed by atoms with Gasteiger partial charge in [0.2, 0.25) is 5.91 Å².